The fourth-order valence-electron chi connectivity index (χ4n) is 5.74. The number of carbonyl (C=O) groups excluding carboxylic acids is 2. The summed E-state index contributed by atoms with van der Waals surface area (Å²) in [5.41, 5.74) is -2.84. The molecule has 1 aliphatic carbocycles. The van der Waals surface area contributed by atoms with Gasteiger partial charge in [-0.1, -0.05) is 12.1 Å². The molecule has 1 N–H and O–H groups in total. The van der Waals surface area contributed by atoms with Gasteiger partial charge in [-0.15, -0.1) is 0 Å². The van der Waals surface area contributed by atoms with E-state index < -0.39 is 54.0 Å². The van der Waals surface area contributed by atoms with E-state index in [2.05, 4.69) is 10.3 Å². The molecule has 1 amide bonds. The van der Waals surface area contributed by atoms with Crippen LogP contribution in [0.25, 0.3) is 5.69 Å². The molecule has 1 aromatic carbocycles. The van der Waals surface area contributed by atoms with Gasteiger partial charge in [-0.25, -0.2) is 18.2 Å². The van der Waals surface area contributed by atoms with Crippen LogP contribution >= 0.6 is 0 Å². The molecule has 1 aromatic heterocycles. The lowest BCUT2D eigenvalue weighted by atomic mass is 9.96. The van der Waals surface area contributed by atoms with Gasteiger partial charge in [-0.2, -0.15) is 13.2 Å². The maximum Gasteiger partial charge on any atom is 0.418 e. The summed E-state index contributed by atoms with van der Waals surface area (Å²) in [6.07, 6.45) is -3.09. The van der Waals surface area contributed by atoms with Crippen molar-refractivity contribution < 1.29 is 35.9 Å². The summed E-state index contributed by atoms with van der Waals surface area (Å²) < 4.78 is 85.1. The van der Waals surface area contributed by atoms with Crippen LogP contribution in [0.3, 0.4) is 0 Å². The number of benzene rings is 1. The number of rotatable bonds is 9. The van der Waals surface area contributed by atoms with Crippen molar-refractivity contribution in [2.75, 3.05) is 19.6 Å². The Morgan fingerprint density at radius 1 is 1.18 bits per heavy atom. The van der Waals surface area contributed by atoms with Gasteiger partial charge < -0.3 is 14.8 Å². The Morgan fingerprint density at radius 3 is 2.52 bits per heavy atom. The normalized spacial score (nSPS) is 24.1. The van der Waals surface area contributed by atoms with Crippen LogP contribution in [0.1, 0.15) is 86.6 Å². The molecule has 1 saturated heterocycles. The number of ketones is 1. The predicted octanol–water partition coefficient (Wildman–Crippen LogP) is 6.09. The van der Waals surface area contributed by atoms with Gasteiger partial charge in [-0.05, 0) is 58.2 Å². The first kappa shape index (κ1) is 30.1. The number of nitrogens with one attached hydrogen (secondary N) is 1. The number of likely N-dealkylation sites (tertiary alicyclic amines) is 1. The van der Waals surface area contributed by atoms with Crippen molar-refractivity contribution >= 4 is 11.7 Å². The van der Waals surface area contributed by atoms with Crippen molar-refractivity contribution in [1.29, 1.82) is 0 Å². The standard InChI is InChI=1S/C28H34F6N4O2/c1-18(39)14-20(9-13-37-12-5-10-26(2,29)17-37)35-25(40)22-16-38(23-7-4-3-6-21(23)28(32,33)34)24(36-22)19-8-11-27(30,31)15-19/h3-4,6-7,16,19-20H,5,8-15,17H2,1-2H3,(H,35,40)/t19?,20-,26?/m0/s1. The van der Waals surface area contributed by atoms with Crippen LogP contribution < -0.4 is 5.32 Å². The number of carbonyl (C=O) groups is 2. The molecule has 12 heteroatoms. The highest BCUT2D eigenvalue weighted by atomic mass is 19.4. The minimum atomic E-state index is -4.73. The lowest BCUT2D eigenvalue weighted by Gasteiger charge is -2.35. The topological polar surface area (TPSA) is 67.2 Å². The van der Waals surface area contributed by atoms with Crippen molar-refractivity contribution in [2.24, 2.45) is 0 Å². The number of Topliss-reactive ketones (excluding diaryl/α,β-unsaturated/α-hetero) is 1. The molecule has 220 valence electrons. The second-order valence-electron chi connectivity index (χ2n) is 11.3. The minimum Gasteiger partial charge on any atom is -0.347 e. The molecular weight excluding hydrogens is 538 g/mol. The van der Waals surface area contributed by atoms with Crippen LogP contribution in [-0.2, 0) is 11.0 Å². The van der Waals surface area contributed by atoms with Gasteiger partial charge in [0, 0.05) is 50.5 Å². The smallest absolute Gasteiger partial charge is 0.347 e. The summed E-state index contributed by atoms with van der Waals surface area (Å²) in [5.74, 6) is -4.78. The second-order valence-corrected chi connectivity index (χ2v) is 11.3. The van der Waals surface area contributed by atoms with Gasteiger partial charge in [0.1, 0.15) is 23.0 Å². The molecule has 1 aliphatic heterocycles. The summed E-state index contributed by atoms with van der Waals surface area (Å²) in [7, 11) is 0. The van der Waals surface area contributed by atoms with E-state index in [4.69, 9.17) is 0 Å². The Balaban J connectivity index is 1.60. The second kappa shape index (κ2) is 11.5. The zero-order valence-corrected chi connectivity index (χ0v) is 22.5. The fraction of sp³-hybridized carbons (Fsp3) is 0.607. The SMILES string of the molecule is CC(=O)C[C@H](CCN1CCCC(C)(F)C1)NC(=O)c1cn(-c2ccccc2C(F)(F)F)c(C2CCC(F)(F)C2)n1. The van der Waals surface area contributed by atoms with E-state index >= 15 is 0 Å². The molecule has 40 heavy (non-hydrogen) atoms. The number of aromatic nitrogens is 2. The molecular formula is C28H34F6N4O2. The zero-order chi connectivity index (χ0) is 29.3. The van der Waals surface area contributed by atoms with E-state index in [9.17, 15) is 35.9 Å². The fourth-order valence-corrected chi connectivity index (χ4v) is 5.74. The molecule has 2 aromatic rings. The van der Waals surface area contributed by atoms with Crippen molar-refractivity contribution in [3.05, 3.63) is 47.5 Å². The van der Waals surface area contributed by atoms with Crippen LogP contribution in [0.2, 0.25) is 0 Å². The van der Waals surface area contributed by atoms with E-state index in [1.54, 1.807) is 6.92 Å². The highest BCUT2D eigenvalue weighted by molar-refractivity contribution is 5.93. The molecule has 0 spiro atoms. The average molecular weight is 573 g/mol. The monoisotopic (exact) mass is 572 g/mol. The average Bonchev–Trinajstić information content (AvgIpc) is 3.44. The van der Waals surface area contributed by atoms with Gasteiger partial charge >= 0.3 is 6.18 Å². The number of piperidine rings is 1. The highest BCUT2D eigenvalue weighted by Crippen LogP contribution is 2.45. The highest BCUT2D eigenvalue weighted by Gasteiger charge is 2.43. The summed E-state index contributed by atoms with van der Waals surface area (Å²) in [6, 6.07) is 4.08. The molecule has 2 heterocycles. The van der Waals surface area contributed by atoms with E-state index in [0.717, 1.165) is 16.8 Å². The Hall–Kier alpha value is -2.89. The number of para-hydroxylation sites is 1. The van der Waals surface area contributed by atoms with E-state index in [1.807, 2.05) is 4.90 Å². The number of amides is 1. The Morgan fingerprint density at radius 2 is 1.90 bits per heavy atom. The van der Waals surface area contributed by atoms with Crippen molar-refractivity contribution in [1.82, 2.24) is 19.8 Å². The van der Waals surface area contributed by atoms with Crippen molar-refractivity contribution in [3.63, 3.8) is 0 Å². The molecule has 2 aliphatic rings. The first-order valence-electron chi connectivity index (χ1n) is 13.5. The summed E-state index contributed by atoms with van der Waals surface area (Å²) >= 11 is 0. The van der Waals surface area contributed by atoms with Gasteiger partial charge in [0.05, 0.1) is 11.3 Å². The lowest BCUT2D eigenvalue weighted by Crippen LogP contribution is -2.46. The van der Waals surface area contributed by atoms with Crippen LogP contribution in [0, 0.1) is 0 Å². The number of imidazole rings is 1. The molecule has 0 bridgehead atoms. The third-order valence-electron chi connectivity index (χ3n) is 7.59. The number of nitrogens with zero attached hydrogens (tertiary/aromatic N) is 3. The number of hydrogen-bond donors (Lipinski definition) is 1. The zero-order valence-electron chi connectivity index (χ0n) is 22.5. The number of hydrogen-bond acceptors (Lipinski definition) is 4. The molecule has 0 radical (unpaired) electrons. The van der Waals surface area contributed by atoms with Gasteiger partial charge in [0.2, 0.25) is 5.92 Å². The van der Waals surface area contributed by atoms with Crippen LogP contribution in [0.15, 0.2) is 30.5 Å². The van der Waals surface area contributed by atoms with E-state index in [0.29, 0.717) is 32.4 Å². The van der Waals surface area contributed by atoms with Crippen LogP contribution in [0.4, 0.5) is 26.3 Å². The first-order chi connectivity index (χ1) is 18.6. The minimum absolute atomic E-state index is 0.00575. The van der Waals surface area contributed by atoms with E-state index in [-0.39, 0.29) is 42.4 Å². The lowest BCUT2D eigenvalue weighted by molar-refractivity contribution is -0.137. The number of alkyl halides is 6. The third-order valence-corrected chi connectivity index (χ3v) is 7.59. The van der Waals surface area contributed by atoms with Gasteiger partial charge in [-0.3, -0.25) is 9.59 Å². The largest absolute Gasteiger partial charge is 0.418 e. The van der Waals surface area contributed by atoms with Crippen molar-refractivity contribution in [3.8, 4) is 5.69 Å². The van der Waals surface area contributed by atoms with E-state index in [1.165, 1.54) is 25.1 Å². The third kappa shape index (κ3) is 7.44. The van der Waals surface area contributed by atoms with Gasteiger partial charge in [0.25, 0.3) is 5.91 Å². The van der Waals surface area contributed by atoms with Crippen LogP contribution in [-0.4, -0.2) is 63.4 Å². The van der Waals surface area contributed by atoms with Crippen molar-refractivity contribution in [2.45, 2.75) is 88.5 Å². The molecule has 4 rings (SSSR count). The Kier molecular flexibility index (Phi) is 8.68. The molecule has 2 fully saturated rings. The molecule has 6 nitrogen and oxygen atoms in total. The molecule has 3 atom stereocenters. The maximum absolute atomic E-state index is 14.5. The van der Waals surface area contributed by atoms with Crippen LogP contribution in [0.5, 0.6) is 0 Å². The Bertz CT molecular complexity index is 1230. The molecule has 2 unspecified atom stereocenters. The maximum atomic E-state index is 14.5. The predicted molar refractivity (Wildman–Crippen MR) is 136 cm³/mol. The Labute approximate surface area is 229 Å². The quantitative estimate of drug-likeness (QED) is 0.370. The first-order valence-corrected chi connectivity index (χ1v) is 13.5. The summed E-state index contributed by atoms with van der Waals surface area (Å²) in [5, 5.41) is 2.74. The summed E-state index contributed by atoms with van der Waals surface area (Å²) in [6.45, 7) is 4.29. The summed E-state index contributed by atoms with van der Waals surface area (Å²) in [4.78, 5) is 31.4. The van der Waals surface area contributed by atoms with Gasteiger partial charge in [0.15, 0.2) is 0 Å². The molecule has 1 saturated carbocycles. The number of halogens is 6.